The maximum Gasteiger partial charge on any atom is 0.263 e. The molecule has 0 fully saturated rings. The number of para-hydroxylation sites is 2. The Bertz CT molecular complexity index is 3980. The second-order valence-electron chi connectivity index (χ2n) is 15.8. The topological polar surface area (TPSA) is 82.9 Å². The third-order valence-electron chi connectivity index (χ3n) is 12.3. The van der Waals surface area contributed by atoms with Gasteiger partial charge < -0.3 is 0 Å². The van der Waals surface area contributed by atoms with Crippen LogP contribution in [0.15, 0.2) is 205 Å². The summed E-state index contributed by atoms with van der Waals surface area (Å²) in [5.41, 5.74) is 11.1. The quantitative estimate of drug-likeness (QED) is 0.162. The molecular weight excluding hydrogens is 775 g/mol. The maximum atomic E-state index is 14.5. The molecule has 294 valence electrons. The van der Waals surface area contributed by atoms with Crippen LogP contribution in [0, 0.1) is 0 Å². The van der Waals surface area contributed by atoms with Crippen LogP contribution in [0.5, 0.6) is 0 Å². The largest absolute Gasteiger partial charge is 0.289 e. The van der Waals surface area contributed by atoms with Crippen molar-refractivity contribution in [3.05, 3.63) is 211 Å². The Morgan fingerprint density at radius 3 is 1.59 bits per heavy atom. The Balaban J connectivity index is 1.06. The standard InChI is InChI=1S/C55H33N7O/c63-54-43-26-13-11-24-41(43)50-49(60(54)38-20-8-3-9-21-38)40-23-10-12-25-42(40)53-56-45-30-28-37(33-48(45)62(50)53)36-29-31-47-44(32-36)39-22-14-15-27-46(39)61(47)55-58-51(34-16-4-1-5-17-34)57-52(59-55)35-18-6-2-7-19-35/h1-33H. The first-order valence-corrected chi connectivity index (χ1v) is 20.9. The zero-order valence-electron chi connectivity index (χ0n) is 33.6. The zero-order valence-corrected chi connectivity index (χ0v) is 33.6. The molecule has 13 aromatic rings. The van der Waals surface area contributed by atoms with Crippen LogP contribution in [0.2, 0.25) is 0 Å². The van der Waals surface area contributed by atoms with E-state index in [4.69, 9.17) is 19.9 Å². The number of hydrogen-bond acceptors (Lipinski definition) is 5. The van der Waals surface area contributed by atoms with Gasteiger partial charge in [-0.25, -0.2) is 9.97 Å². The van der Waals surface area contributed by atoms with E-state index < -0.39 is 0 Å². The van der Waals surface area contributed by atoms with Gasteiger partial charge in [-0.15, -0.1) is 0 Å². The van der Waals surface area contributed by atoms with Crippen molar-refractivity contribution in [2.24, 2.45) is 0 Å². The summed E-state index contributed by atoms with van der Waals surface area (Å²) in [7, 11) is 0. The predicted molar refractivity (Wildman–Crippen MR) is 255 cm³/mol. The maximum absolute atomic E-state index is 14.5. The highest BCUT2D eigenvalue weighted by molar-refractivity contribution is 6.19. The molecule has 0 N–H and O–H groups in total. The first-order chi connectivity index (χ1) is 31.2. The van der Waals surface area contributed by atoms with Gasteiger partial charge in [0.1, 0.15) is 5.65 Å². The van der Waals surface area contributed by atoms with Gasteiger partial charge >= 0.3 is 0 Å². The number of aromatic nitrogens is 7. The molecule has 8 heteroatoms. The summed E-state index contributed by atoms with van der Waals surface area (Å²) in [5.74, 6) is 1.77. The van der Waals surface area contributed by atoms with Crippen molar-refractivity contribution in [1.82, 2.24) is 33.5 Å². The van der Waals surface area contributed by atoms with Gasteiger partial charge in [-0.2, -0.15) is 9.97 Å². The number of fused-ring (bicyclic) bond motifs is 13. The minimum Gasteiger partial charge on any atom is -0.289 e. The Labute approximate surface area is 359 Å². The molecule has 63 heavy (non-hydrogen) atoms. The Morgan fingerprint density at radius 1 is 0.349 bits per heavy atom. The SMILES string of the molecule is O=c1c2ccccc2c2c(c3ccccc3c3nc4ccc(-c5ccc6c(c5)c5ccccc5n6-c5nc(-c6ccccc6)nc(-c6ccccc6)n5)cc4n32)n1-c1ccccc1. The van der Waals surface area contributed by atoms with E-state index >= 15 is 0 Å². The van der Waals surface area contributed by atoms with Gasteiger partial charge in [-0.1, -0.05) is 152 Å². The van der Waals surface area contributed by atoms with E-state index in [1.54, 1.807) is 0 Å². The van der Waals surface area contributed by atoms with Gasteiger partial charge in [-0.05, 0) is 59.7 Å². The number of nitrogens with zero attached hydrogens (tertiary/aromatic N) is 7. The molecule has 0 radical (unpaired) electrons. The summed E-state index contributed by atoms with van der Waals surface area (Å²) in [6, 6.07) is 67.8. The highest BCUT2D eigenvalue weighted by Gasteiger charge is 2.23. The van der Waals surface area contributed by atoms with E-state index in [2.05, 4.69) is 87.8 Å². The Hall–Kier alpha value is -8.75. The van der Waals surface area contributed by atoms with Crippen LogP contribution in [0.1, 0.15) is 0 Å². The molecule has 0 amide bonds. The molecule has 0 saturated heterocycles. The van der Waals surface area contributed by atoms with Crippen LogP contribution in [0.3, 0.4) is 0 Å². The Morgan fingerprint density at radius 2 is 0.889 bits per heavy atom. The number of benzene rings is 8. The van der Waals surface area contributed by atoms with Gasteiger partial charge in [0, 0.05) is 49.1 Å². The van der Waals surface area contributed by atoms with Crippen molar-refractivity contribution in [3.63, 3.8) is 0 Å². The summed E-state index contributed by atoms with van der Waals surface area (Å²) in [6.45, 7) is 0. The van der Waals surface area contributed by atoms with Gasteiger partial charge in [-0.3, -0.25) is 18.3 Å². The fourth-order valence-electron chi connectivity index (χ4n) is 9.44. The summed E-state index contributed by atoms with van der Waals surface area (Å²) in [6.07, 6.45) is 0. The van der Waals surface area contributed by atoms with E-state index in [0.29, 0.717) is 23.0 Å². The summed E-state index contributed by atoms with van der Waals surface area (Å²) in [5, 5.41) is 5.64. The van der Waals surface area contributed by atoms with Crippen LogP contribution in [-0.2, 0) is 0 Å². The molecule has 0 saturated carbocycles. The summed E-state index contributed by atoms with van der Waals surface area (Å²) >= 11 is 0. The van der Waals surface area contributed by atoms with Crippen molar-refractivity contribution in [2.75, 3.05) is 0 Å². The van der Waals surface area contributed by atoms with Crippen molar-refractivity contribution >= 4 is 71.1 Å². The van der Waals surface area contributed by atoms with Crippen LogP contribution in [-0.4, -0.2) is 33.5 Å². The molecule has 0 spiro atoms. The van der Waals surface area contributed by atoms with E-state index in [-0.39, 0.29) is 5.56 Å². The smallest absolute Gasteiger partial charge is 0.263 e. The molecular formula is C55H33N7O. The second-order valence-corrected chi connectivity index (χ2v) is 15.8. The van der Waals surface area contributed by atoms with E-state index in [0.717, 1.165) is 93.6 Å². The molecule has 13 rings (SSSR count). The van der Waals surface area contributed by atoms with Gasteiger partial charge in [0.25, 0.3) is 5.56 Å². The highest BCUT2D eigenvalue weighted by Crippen LogP contribution is 2.39. The molecule has 0 bridgehead atoms. The van der Waals surface area contributed by atoms with E-state index in [9.17, 15) is 4.79 Å². The molecule has 0 unspecified atom stereocenters. The molecule has 0 aliphatic rings. The zero-order chi connectivity index (χ0) is 41.6. The Kier molecular flexibility index (Phi) is 7.59. The van der Waals surface area contributed by atoms with Gasteiger partial charge in [0.05, 0.1) is 33.1 Å². The van der Waals surface area contributed by atoms with Crippen molar-refractivity contribution < 1.29 is 0 Å². The average molecular weight is 808 g/mol. The molecule has 5 aromatic heterocycles. The first-order valence-electron chi connectivity index (χ1n) is 20.9. The third kappa shape index (κ3) is 5.31. The highest BCUT2D eigenvalue weighted by atomic mass is 16.1. The third-order valence-corrected chi connectivity index (χ3v) is 12.3. The lowest BCUT2D eigenvalue weighted by Gasteiger charge is -2.17. The van der Waals surface area contributed by atoms with Crippen LogP contribution >= 0.6 is 0 Å². The lowest BCUT2D eigenvalue weighted by molar-refractivity contribution is 0.953. The molecule has 8 nitrogen and oxygen atoms in total. The lowest BCUT2D eigenvalue weighted by Crippen LogP contribution is -2.20. The fourth-order valence-corrected chi connectivity index (χ4v) is 9.44. The van der Waals surface area contributed by atoms with E-state index in [1.165, 1.54) is 0 Å². The first kappa shape index (κ1) is 35.0. The summed E-state index contributed by atoms with van der Waals surface area (Å²) < 4.78 is 6.28. The predicted octanol–water partition coefficient (Wildman–Crippen LogP) is 12.4. The van der Waals surface area contributed by atoms with Gasteiger partial charge in [0.2, 0.25) is 5.95 Å². The van der Waals surface area contributed by atoms with E-state index in [1.807, 2.05) is 126 Å². The van der Waals surface area contributed by atoms with Crippen LogP contribution in [0.4, 0.5) is 0 Å². The number of rotatable bonds is 5. The van der Waals surface area contributed by atoms with Crippen LogP contribution < -0.4 is 5.56 Å². The molecule has 8 aromatic carbocycles. The lowest BCUT2D eigenvalue weighted by atomic mass is 10.0. The van der Waals surface area contributed by atoms with Gasteiger partial charge in [0.15, 0.2) is 11.6 Å². The second kappa shape index (κ2) is 13.6. The fraction of sp³-hybridized carbons (Fsp3) is 0. The van der Waals surface area contributed by atoms with Crippen molar-refractivity contribution in [1.29, 1.82) is 0 Å². The molecule has 5 heterocycles. The van der Waals surface area contributed by atoms with Crippen molar-refractivity contribution in [2.45, 2.75) is 0 Å². The number of hydrogen-bond donors (Lipinski definition) is 0. The number of pyridine rings is 2. The average Bonchev–Trinajstić information content (AvgIpc) is 3.90. The normalized spacial score (nSPS) is 11.9. The minimum absolute atomic E-state index is 0.0591. The molecule has 0 aliphatic carbocycles. The molecule has 0 atom stereocenters. The number of imidazole rings is 1. The summed E-state index contributed by atoms with van der Waals surface area (Å²) in [4.78, 5) is 35.0. The monoisotopic (exact) mass is 807 g/mol. The van der Waals surface area contributed by atoms with Crippen molar-refractivity contribution in [3.8, 4) is 45.5 Å². The molecule has 0 aliphatic heterocycles. The minimum atomic E-state index is -0.0591. The van der Waals surface area contributed by atoms with Crippen LogP contribution in [0.25, 0.3) is 117 Å².